The number of hydrogen-bond acceptors (Lipinski definition) is 2. The predicted molar refractivity (Wildman–Crippen MR) is 107 cm³/mol. The van der Waals surface area contributed by atoms with Gasteiger partial charge in [-0.3, -0.25) is 9.36 Å². The Kier molecular flexibility index (Phi) is 4.12. The molecule has 0 radical (unpaired) electrons. The zero-order chi connectivity index (χ0) is 17.2. The second kappa shape index (κ2) is 6.57. The van der Waals surface area contributed by atoms with Crippen LogP contribution in [0.1, 0.15) is 0 Å². The van der Waals surface area contributed by atoms with Crippen LogP contribution < -0.4 is 10.9 Å². The van der Waals surface area contributed by atoms with Crippen LogP contribution in [0.3, 0.4) is 0 Å². The van der Waals surface area contributed by atoms with E-state index in [1.165, 1.54) is 0 Å². The molecule has 4 rings (SSSR count). The Labute approximate surface area is 153 Å². The van der Waals surface area contributed by atoms with E-state index < -0.39 is 0 Å². The summed E-state index contributed by atoms with van der Waals surface area (Å²) in [5.41, 5.74) is 3.41. The van der Waals surface area contributed by atoms with Crippen LogP contribution in [0.25, 0.3) is 16.6 Å². The van der Waals surface area contributed by atoms with Gasteiger partial charge >= 0.3 is 0 Å². The molecule has 3 aromatic carbocycles. The van der Waals surface area contributed by atoms with Crippen molar-refractivity contribution in [3.63, 3.8) is 0 Å². The summed E-state index contributed by atoms with van der Waals surface area (Å²) in [5, 5.41) is 4.35. The topological polar surface area (TPSA) is 34.0 Å². The molecular weight excluding hydrogens is 376 g/mol. The van der Waals surface area contributed by atoms with Crippen LogP contribution in [0.4, 0.5) is 11.4 Å². The largest absolute Gasteiger partial charge is 0.355 e. The molecule has 25 heavy (non-hydrogen) atoms. The second-order valence-electron chi connectivity index (χ2n) is 5.72. The number of nitrogens with one attached hydrogen (secondary N) is 1. The Morgan fingerprint density at radius 3 is 2.24 bits per heavy atom. The van der Waals surface area contributed by atoms with Crippen LogP contribution in [-0.2, 0) is 0 Å². The lowest BCUT2D eigenvalue weighted by Crippen LogP contribution is -2.18. The van der Waals surface area contributed by atoms with Gasteiger partial charge in [0.15, 0.2) is 0 Å². The molecule has 0 fully saturated rings. The monoisotopic (exact) mass is 390 g/mol. The molecule has 4 aromatic rings. The third-order valence-electron chi connectivity index (χ3n) is 4.06. The maximum Gasteiger partial charge on any atom is 0.257 e. The summed E-state index contributed by atoms with van der Waals surface area (Å²) in [4.78, 5) is 12.8. The minimum atomic E-state index is -0.0653. The number of pyridine rings is 1. The number of nitrogens with zero attached hydrogens (tertiary/aromatic N) is 1. The highest BCUT2D eigenvalue weighted by Gasteiger charge is 2.10. The molecule has 0 aliphatic carbocycles. The molecule has 0 amide bonds. The molecule has 0 saturated heterocycles. The minimum Gasteiger partial charge on any atom is -0.355 e. The number of hydrogen-bond donors (Lipinski definition) is 1. The van der Waals surface area contributed by atoms with E-state index in [0.717, 1.165) is 32.4 Å². The molecule has 122 valence electrons. The number of fused-ring (bicyclic) bond motifs is 1. The SMILES string of the molecule is O=c1cc(Nc2ccc(Br)cc2)c2ccccc2n1-c1ccccc1. The van der Waals surface area contributed by atoms with Gasteiger partial charge in [-0.2, -0.15) is 0 Å². The van der Waals surface area contributed by atoms with Gasteiger partial charge in [0.2, 0.25) is 0 Å². The first-order valence-corrected chi connectivity index (χ1v) is 8.74. The molecule has 1 aromatic heterocycles. The Hall–Kier alpha value is -2.85. The van der Waals surface area contributed by atoms with Crippen LogP contribution in [0.5, 0.6) is 0 Å². The first-order chi connectivity index (χ1) is 12.2. The average Bonchev–Trinajstić information content (AvgIpc) is 2.64. The summed E-state index contributed by atoms with van der Waals surface area (Å²) in [6, 6.07) is 27.2. The lowest BCUT2D eigenvalue weighted by molar-refractivity contribution is 1.04. The van der Waals surface area contributed by atoms with E-state index in [2.05, 4.69) is 21.2 Å². The molecule has 0 aliphatic rings. The minimum absolute atomic E-state index is 0.0653. The van der Waals surface area contributed by atoms with Gasteiger partial charge < -0.3 is 5.32 Å². The third-order valence-corrected chi connectivity index (χ3v) is 4.59. The van der Waals surface area contributed by atoms with E-state index in [-0.39, 0.29) is 5.56 Å². The van der Waals surface area contributed by atoms with Crippen LogP contribution in [0.15, 0.2) is 94.2 Å². The Bertz CT molecular complexity index is 1090. The van der Waals surface area contributed by atoms with Crippen LogP contribution >= 0.6 is 15.9 Å². The van der Waals surface area contributed by atoms with Gasteiger partial charge in [-0.15, -0.1) is 0 Å². The van der Waals surface area contributed by atoms with Crippen molar-refractivity contribution < 1.29 is 0 Å². The van der Waals surface area contributed by atoms with Crippen molar-refractivity contribution in [2.24, 2.45) is 0 Å². The third kappa shape index (κ3) is 3.08. The van der Waals surface area contributed by atoms with Crippen molar-refractivity contribution in [1.29, 1.82) is 0 Å². The maximum absolute atomic E-state index is 12.8. The summed E-state index contributed by atoms with van der Waals surface area (Å²) in [6.07, 6.45) is 0. The lowest BCUT2D eigenvalue weighted by Gasteiger charge is -2.15. The fraction of sp³-hybridized carbons (Fsp3) is 0. The van der Waals surface area contributed by atoms with E-state index in [9.17, 15) is 4.79 Å². The van der Waals surface area contributed by atoms with Crippen LogP contribution in [-0.4, -0.2) is 4.57 Å². The fourth-order valence-electron chi connectivity index (χ4n) is 2.92. The van der Waals surface area contributed by atoms with Crippen molar-refractivity contribution in [3.8, 4) is 5.69 Å². The van der Waals surface area contributed by atoms with Gasteiger partial charge in [0.05, 0.1) is 11.2 Å². The molecule has 3 nitrogen and oxygen atoms in total. The highest BCUT2D eigenvalue weighted by molar-refractivity contribution is 9.10. The number of benzene rings is 3. The van der Waals surface area contributed by atoms with Crippen molar-refractivity contribution >= 4 is 38.2 Å². The van der Waals surface area contributed by atoms with Crippen LogP contribution in [0.2, 0.25) is 0 Å². The molecule has 0 atom stereocenters. The van der Waals surface area contributed by atoms with E-state index in [0.29, 0.717) is 0 Å². The molecule has 1 N–H and O–H groups in total. The van der Waals surface area contributed by atoms with Gasteiger partial charge in [-0.25, -0.2) is 0 Å². The number of anilines is 2. The first-order valence-electron chi connectivity index (χ1n) is 7.95. The summed E-state index contributed by atoms with van der Waals surface area (Å²) in [5.74, 6) is 0. The second-order valence-corrected chi connectivity index (χ2v) is 6.63. The normalized spacial score (nSPS) is 10.8. The van der Waals surface area contributed by atoms with Crippen molar-refractivity contribution in [3.05, 3.63) is 99.8 Å². The van der Waals surface area contributed by atoms with Crippen molar-refractivity contribution in [2.45, 2.75) is 0 Å². The summed E-state index contributed by atoms with van der Waals surface area (Å²) < 4.78 is 2.75. The molecule has 0 spiro atoms. The Morgan fingerprint density at radius 1 is 0.800 bits per heavy atom. The highest BCUT2D eigenvalue weighted by atomic mass is 79.9. The van der Waals surface area contributed by atoms with Gasteiger partial charge in [0.25, 0.3) is 5.56 Å². The smallest absolute Gasteiger partial charge is 0.257 e. The standard InChI is InChI=1S/C21H15BrN2O/c22-15-10-12-16(13-11-15)23-19-14-21(25)24(17-6-2-1-3-7-17)20-9-5-4-8-18(19)20/h1-14,23H. The predicted octanol–water partition coefficient (Wildman–Crippen LogP) is 5.50. The molecule has 0 bridgehead atoms. The highest BCUT2D eigenvalue weighted by Crippen LogP contribution is 2.27. The lowest BCUT2D eigenvalue weighted by atomic mass is 10.1. The molecule has 0 unspecified atom stereocenters. The van der Waals surface area contributed by atoms with Gasteiger partial charge in [0.1, 0.15) is 0 Å². The number of aromatic nitrogens is 1. The van der Waals surface area contributed by atoms with E-state index >= 15 is 0 Å². The quantitative estimate of drug-likeness (QED) is 0.501. The Balaban J connectivity index is 1.90. The summed E-state index contributed by atoms with van der Waals surface area (Å²) in [7, 11) is 0. The van der Waals surface area contributed by atoms with Gasteiger partial charge in [0, 0.05) is 27.3 Å². The van der Waals surface area contributed by atoms with E-state index in [1.54, 1.807) is 10.6 Å². The zero-order valence-electron chi connectivity index (χ0n) is 13.3. The van der Waals surface area contributed by atoms with Gasteiger partial charge in [-0.05, 0) is 42.5 Å². The number of rotatable bonds is 3. The zero-order valence-corrected chi connectivity index (χ0v) is 14.9. The summed E-state index contributed by atoms with van der Waals surface area (Å²) in [6.45, 7) is 0. The van der Waals surface area contributed by atoms with Crippen LogP contribution in [0, 0.1) is 0 Å². The van der Waals surface area contributed by atoms with Gasteiger partial charge in [-0.1, -0.05) is 52.3 Å². The molecule has 0 aliphatic heterocycles. The molecule has 1 heterocycles. The van der Waals surface area contributed by atoms with Crippen molar-refractivity contribution in [1.82, 2.24) is 4.57 Å². The fourth-order valence-corrected chi connectivity index (χ4v) is 3.18. The Morgan fingerprint density at radius 2 is 1.48 bits per heavy atom. The first kappa shape index (κ1) is 15.7. The summed E-state index contributed by atoms with van der Waals surface area (Å²) >= 11 is 3.44. The van der Waals surface area contributed by atoms with E-state index in [4.69, 9.17) is 0 Å². The maximum atomic E-state index is 12.8. The van der Waals surface area contributed by atoms with Crippen molar-refractivity contribution in [2.75, 3.05) is 5.32 Å². The van der Waals surface area contributed by atoms with E-state index in [1.807, 2.05) is 78.9 Å². The number of para-hydroxylation sites is 2. The molecule has 0 saturated carbocycles. The molecular formula is C21H15BrN2O. The average molecular weight is 391 g/mol. The molecule has 4 heteroatoms. The number of halogens is 1.